The molecule has 1 heterocycles. The number of nitro groups is 1. The molecule has 0 amide bonds. The van der Waals surface area contributed by atoms with Crippen molar-refractivity contribution in [3.05, 3.63) is 33.9 Å². The molecule has 0 aliphatic heterocycles. The summed E-state index contributed by atoms with van der Waals surface area (Å²) >= 11 is 0. The Morgan fingerprint density at radius 1 is 1.24 bits per heavy atom. The fourth-order valence-electron chi connectivity index (χ4n) is 1.59. The van der Waals surface area contributed by atoms with Crippen LogP contribution < -0.4 is 14.8 Å². The van der Waals surface area contributed by atoms with Crippen LogP contribution in [-0.4, -0.2) is 34.0 Å². The second-order valence-electron chi connectivity index (χ2n) is 3.99. The van der Waals surface area contributed by atoms with Crippen molar-refractivity contribution < 1.29 is 14.4 Å². The average molecular weight is 291 g/mol. The summed E-state index contributed by atoms with van der Waals surface area (Å²) in [6, 6.07) is 4.50. The number of methoxy groups -OCH3 is 1. The number of hydrogen-bond donors (Lipinski definition) is 1. The molecule has 9 nitrogen and oxygen atoms in total. The molecule has 2 rings (SSSR count). The highest BCUT2D eigenvalue weighted by molar-refractivity contribution is 5.45. The van der Waals surface area contributed by atoms with E-state index in [2.05, 4.69) is 20.3 Å². The van der Waals surface area contributed by atoms with E-state index in [0.717, 1.165) is 0 Å². The summed E-state index contributed by atoms with van der Waals surface area (Å²) in [4.78, 5) is 22.2. The second kappa shape index (κ2) is 5.99. The van der Waals surface area contributed by atoms with Gasteiger partial charge in [-0.3, -0.25) is 10.1 Å². The summed E-state index contributed by atoms with van der Waals surface area (Å²) in [5.74, 6) is 0.670. The van der Waals surface area contributed by atoms with E-state index < -0.39 is 4.92 Å². The van der Waals surface area contributed by atoms with Crippen molar-refractivity contribution in [1.29, 1.82) is 0 Å². The number of nitro benzene ring substituents is 1. The maximum atomic E-state index is 10.8. The Labute approximate surface area is 120 Å². The smallest absolute Gasteiger partial charge is 0.330 e. The lowest BCUT2D eigenvalue weighted by atomic mass is 10.2. The topological polar surface area (TPSA) is 112 Å². The summed E-state index contributed by atoms with van der Waals surface area (Å²) in [7, 11) is 3.07. The number of ether oxygens (including phenoxy) is 2. The Morgan fingerprint density at radius 2 is 1.95 bits per heavy atom. The van der Waals surface area contributed by atoms with Gasteiger partial charge < -0.3 is 14.8 Å². The third-order valence-corrected chi connectivity index (χ3v) is 2.57. The molecule has 0 aliphatic carbocycles. The van der Waals surface area contributed by atoms with Crippen LogP contribution in [0, 0.1) is 17.0 Å². The van der Waals surface area contributed by atoms with E-state index in [-0.39, 0.29) is 23.7 Å². The van der Waals surface area contributed by atoms with E-state index >= 15 is 0 Å². The molecule has 9 heteroatoms. The van der Waals surface area contributed by atoms with Gasteiger partial charge in [-0.05, 0) is 19.1 Å². The lowest BCUT2D eigenvalue weighted by molar-refractivity contribution is -0.385. The van der Waals surface area contributed by atoms with Crippen molar-refractivity contribution in [1.82, 2.24) is 15.0 Å². The molecule has 0 unspecified atom stereocenters. The van der Waals surface area contributed by atoms with Gasteiger partial charge in [0.2, 0.25) is 5.95 Å². The third kappa shape index (κ3) is 3.32. The van der Waals surface area contributed by atoms with Crippen LogP contribution in [0.15, 0.2) is 18.2 Å². The molecule has 0 saturated carbocycles. The number of nitrogens with one attached hydrogen (secondary N) is 1. The molecule has 110 valence electrons. The molecule has 0 bridgehead atoms. The first-order valence-corrected chi connectivity index (χ1v) is 5.94. The van der Waals surface area contributed by atoms with Crippen LogP contribution in [0.2, 0.25) is 0 Å². The van der Waals surface area contributed by atoms with Gasteiger partial charge in [-0.15, -0.1) is 4.98 Å². The lowest BCUT2D eigenvalue weighted by Gasteiger charge is -2.07. The molecule has 1 aromatic heterocycles. The molecule has 2 aromatic rings. The minimum absolute atomic E-state index is 0.0199. The van der Waals surface area contributed by atoms with Crippen molar-refractivity contribution in [3.63, 3.8) is 0 Å². The highest BCUT2D eigenvalue weighted by atomic mass is 16.6. The van der Waals surface area contributed by atoms with Crippen LogP contribution in [0.3, 0.4) is 0 Å². The maximum absolute atomic E-state index is 10.8. The Kier molecular flexibility index (Phi) is 4.12. The summed E-state index contributed by atoms with van der Waals surface area (Å²) in [6.45, 7) is 1.62. The molecule has 0 spiro atoms. The van der Waals surface area contributed by atoms with Crippen molar-refractivity contribution in [2.24, 2.45) is 0 Å². The number of anilines is 1. The largest absolute Gasteiger partial charge is 0.467 e. The molecular formula is C12H13N5O4. The number of aromatic nitrogens is 3. The van der Waals surface area contributed by atoms with Gasteiger partial charge in [0.25, 0.3) is 5.69 Å². The van der Waals surface area contributed by atoms with Crippen molar-refractivity contribution in [2.45, 2.75) is 6.92 Å². The number of nitrogens with zero attached hydrogens (tertiary/aromatic N) is 4. The number of benzene rings is 1. The van der Waals surface area contributed by atoms with Gasteiger partial charge >= 0.3 is 12.0 Å². The average Bonchev–Trinajstić information content (AvgIpc) is 2.46. The minimum atomic E-state index is -0.454. The predicted molar refractivity (Wildman–Crippen MR) is 73.8 cm³/mol. The lowest BCUT2D eigenvalue weighted by Crippen LogP contribution is -2.03. The summed E-state index contributed by atoms with van der Waals surface area (Å²) in [5, 5.41) is 13.5. The Hall–Kier alpha value is -2.97. The van der Waals surface area contributed by atoms with E-state index in [4.69, 9.17) is 9.47 Å². The molecule has 1 aromatic carbocycles. The number of aryl methyl sites for hydroxylation is 1. The van der Waals surface area contributed by atoms with Crippen molar-refractivity contribution in [2.75, 3.05) is 19.5 Å². The molecule has 0 saturated heterocycles. The molecule has 0 radical (unpaired) electrons. The Morgan fingerprint density at radius 3 is 2.52 bits per heavy atom. The van der Waals surface area contributed by atoms with Crippen LogP contribution in [0.4, 0.5) is 11.6 Å². The molecule has 1 N–H and O–H groups in total. The number of hydrogen-bond acceptors (Lipinski definition) is 8. The van der Waals surface area contributed by atoms with Gasteiger partial charge in [0.05, 0.1) is 12.0 Å². The zero-order valence-electron chi connectivity index (χ0n) is 11.7. The van der Waals surface area contributed by atoms with Gasteiger partial charge in [0.1, 0.15) is 5.75 Å². The molecule has 0 atom stereocenters. The summed E-state index contributed by atoms with van der Waals surface area (Å²) in [5.41, 5.74) is 0.499. The standard InChI is InChI=1S/C12H13N5O4/c1-7-6-8(4-5-9(7)17(18)19)21-12-15-10(13-2)14-11(16-12)20-3/h4-6H,1-3H3,(H,13,14,15,16). The molecule has 0 fully saturated rings. The molecule has 21 heavy (non-hydrogen) atoms. The minimum Gasteiger partial charge on any atom is -0.467 e. The molecule has 0 aliphatic rings. The first-order valence-electron chi connectivity index (χ1n) is 5.94. The van der Waals surface area contributed by atoms with E-state index in [1.54, 1.807) is 14.0 Å². The highest BCUT2D eigenvalue weighted by Crippen LogP contribution is 2.26. The van der Waals surface area contributed by atoms with Crippen LogP contribution in [0.5, 0.6) is 17.8 Å². The van der Waals surface area contributed by atoms with Crippen molar-refractivity contribution >= 4 is 11.6 Å². The Bertz CT molecular complexity index is 654. The normalized spacial score (nSPS) is 10.0. The van der Waals surface area contributed by atoms with Gasteiger partial charge in [0.15, 0.2) is 0 Å². The molecular weight excluding hydrogens is 278 g/mol. The summed E-state index contributed by atoms with van der Waals surface area (Å²) in [6.07, 6.45) is 0. The van der Waals surface area contributed by atoms with Gasteiger partial charge in [-0.25, -0.2) is 0 Å². The second-order valence-corrected chi connectivity index (χ2v) is 3.99. The quantitative estimate of drug-likeness (QED) is 0.656. The maximum Gasteiger partial charge on any atom is 0.330 e. The summed E-state index contributed by atoms with van der Waals surface area (Å²) < 4.78 is 10.4. The van der Waals surface area contributed by atoms with E-state index in [1.807, 2.05) is 0 Å². The first-order chi connectivity index (χ1) is 10.0. The van der Waals surface area contributed by atoms with Gasteiger partial charge in [-0.2, -0.15) is 9.97 Å². The van der Waals surface area contributed by atoms with E-state index in [0.29, 0.717) is 11.3 Å². The zero-order chi connectivity index (χ0) is 15.4. The fraction of sp³-hybridized carbons (Fsp3) is 0.250. The van der Waals surface area contributed by atoms with Crippen LogP contribution in [0.1, 0.15) is 5.56 Å². The van der Waals surface area contributed by atoms with Crippen LogP contribution >= 0.6 is 0 Å². The van der Waals surface area contributed by atoms with Gasteiger partial charge in [0, 0.05) is 18.7 Å². The van der Waals surface area contributed by atoms with Gasteiger partial charge in [-0.1, -0.05) is 0 Å². The number of rotatable bonds is 5. The first kappa shape index (κ1) is 14.4. The van der Waals surface area contributed by atoms with E-state index in [9.17, 15) is 10.1 Å². The predicted octanol–water partition coefficient (Wildman–Crippen LogP) is 1.93. The van der Waals surface area contributed by atoms with E-state index in [1.165, 1.54) is 25.3 Å². The fourth-order valence-corrected chi connectivity index (χ4v) is 1.59. The SMILES string of the molecule is CNc1nc(OC)nc(Oc2ccc([N+](=O)[O-])c(C)c2)n1. The Balaban J connectivity index is 2.29. The third-order valence-electron chi connectivity index (χ3n) is 2.57. The van der Waals surface area contributed by atoms with Crippen LogP contribution in [0.25, 0.3) is 0 Å². The zero-order valence-corrected chi connectivity index (χ0v) is 11.7. The van der Waals surface area contributed by atoms with Crippen molar-refractivity contribution in [3.8, 4) is 17.8 Å². The highest BCUT2D eigenvalue weighted by Gasteiger charge is 2.13. The van der Waals surface area contributed by atoms with Crippen LogP contribution in [-0.2, 0) is 0 Å². The monoisotopic (exact) mass is 291 g/mol.